The van der Waals surface area contributed by atoms with Gasteiger partial charge in [-0.2, -0.15) is 0 Å². The molecule has 0 radical (unpaired) electrons. The number of nitrogens with one attached hydrogen (secondary N) is 2. The molecular weight excluding hydrogens is 309 g/mol. The van der Waals surface area contributed by atoms with Crippen molar-refractivity contribution in [2.75, 3.05) is 26.2 Å². The van der Waals surface area contributed by atoms with Crippen LogP contribution in [0.5, 0.6) is 0 Å². The monoisotopic (exact) mass is 339 g/mol. The van der Waals surface area contributed by atoms with Gasteiger partial charge in [0.25, 0.3) is 0 Å². The van der Waals surface area contributed by atoms with Crippen molar-refractivity contribution < 1.29 is 4.79 Å². The summed E-state index contributed by atoms with van der Waals surface area (Å²) in [5.41, 5.74) is 0. The van der Waals surface area contributed by atoms with Gasteiger partial charge in [-0.3, -0.25) is 9.69 Å². The third-order valence-corrected chi connectivity index (χ3v) is 4.54. The molecule has 2 N–H and O–H groups in total. The fraction of sp³-hybridized carbons (Fsp3) is 0.933. The third-order valence-electron chi connectivity index (χ3n) is 4.54. The molecule has 21 heavy (non-hydrogen) atoms. The molecule has 2 saturated heterocycles. The predicted molar refractivity (Wildman–Crippen MR) is 92.7 cm³/mol. The molecule has 2 atom stereocenters. The Bertz CT molecular complexity index is 286. The fourth-order valence-corrected chi connectivity index (χ4v) is 3.38. The van der Waals surface area contributed by atoms with Crippen LogP contribution in [0.25, 0.3) is 0 Å². The Morgan fingerprint density at radius 2 is 2.05 bits per heavy atom. The Kier molecular flexibility index (Phi) is 11.5. The van der Waals surface area contributed by atoms with E-state index in [-0.39, 0.29) is 30.7 Å². The number of likely N-dealkylation sites (tertiary alicyclic amines) is 1. The first-order chi connectivity index (χ1) is 9.29. The van der Waals surface area contributed by atoms with Crippen molar-refractivity contribution in [3.8, 4) is 0 Å². The first kappa shape index (κ1) is 21.0. The van der Waals surface area contributed by atoms with Crippen LogP contribution in [0, 0.1) is 0 Å². The molecule has 0 aromatic carbocycles. The Morgan fingerprint density at radius 1 is 1.24 bits per heavy atom. The normalized spacial score (nSPS) is 25.8. The minimum Gasteiger partial charge on any atom is -0.355 e. The lowest BCUT2D eigenvalue weighted by atomic mass is 10.0. The quantitative estimate of drug-likeness (QED) is 0.780. The molecule has 2 heterocycles. The summed E-state index contributed by atoms with van der Waals surface area (Å²) in [6.07, 6.45) is 8.26. The van der Waals surface area contributed by atoms with E-state index in [2.05, 4.69) is 22.5 Å². The summed E-state index contributed by atoms with van der Waals surface area (Å²) < 4.78 is 0. The fourth-order valence-electron chi connectivity index (χ4n) is 3.38. The number of piperidine rings is 1. The largest absolute Gasteiger partial charge is 0.355 e. The number of carbonyl (C=O) groups is 1. The van der Waals surface area contributed by atoms with Crippen molar-refractivity contribution in [1.29, 1.82) is 0 Å². The summed E-state index contributed by atoms with van der Waals surface area (Å²) in [6, 6.07) is 1.15. The molecule has 6 heteroatoms. The smallest absolute Gasteiger partial charge is 0.221 e. The molecule has 2 fully saturated rings. The third kappa shape index (κ3) is 7.18. The average molecular weight is 340 g/mol. The molecule has 2 aliphatic rings. The second-order valence-electron chi connectivity index (χ2n) is 5.94. The van der Waals surface area contributed by atoms with Crippen LogP contribution in [-0.2, 0) is 4.79 Å². The molecule has 0 aromatic heterocycles. The van der Waals surface area contributed by atoms with Gasteiger partial charge >= 0.3 is 0 Å². The molecule has 0 aromatic rings. The molecule has 1 amide bonds. The van der Waals surface area contributed by atoms with E-state index in [0.717, 1.165) is 32.1 Å². The van der Waals surface area contributed by atoms with Gasteiger partial charge in [0.15, 0.2) is 0 Å². The summed E-state index contributed by atoms with van der Waals surface area (Å²) in [5.74, 6) is 0.212. The van der Waals surface area contributed by atoms with Gasteiger partial charge in [0, 0.05) is 31.6 Å². The van der Waals surface area contributed by atoms with Gasteiger partial charge in [-0.1, -0.05) is 13.3 Å². The van der Waals surface area contributed by atoms with E-state index in [0.29, 0.717) is 12.5 Å². The molecule has 0 bridgehead atoms. The van der Waals surface area contributed by atoms with E-state index in [4.69, 9.17) is 0 Å². The molecule has 0 aliphatic carbocycles. The highest BCUT2D eigenvalue weighted by Gasteiger charge is 2.21. The first-order valence-electron chi connectivity index (χ1n) is 8.03. The summed E-state index contributed by atoms with van der Waals surface area (Å²) in [5, 5.41) is 6.45. The van der Waals surface area contributed by atoms with E-state index in [1.54, 1.807) is 0 Å². The predicted octanol–water partition coefficient (Wildman–Crippen LogP) is 2.35. The summed E-state index contributed by atoms with van der Waals surface area (Å²) in [4.78, 5) is 14.4. The molecule has 0 saturated carbocycles. The van der Waals surface area contributed by atoms with Crippen LogP contribution >= 0.6 is 24.8 Å². The number of nitrogens with zero attached hydrogens (tertiary/aromatic N) is 1. The van der Waals surface area contributed by atoms with Gasteiger partial charge in [0.05, 0.1) is 0 Å². The highest BCUT2D eigenvalue weighted by Crippen LogP contribution is 2.18. The van der Waals surface area contributed by atoms with E-state index in [1.807, 2.05) is 0 Å². The summed E-state index contributed by atoms with van der Waals surface area (Å²) >= 11 is 0. The van der Waals surface area contributed by atoms with E-state index in [9.17, 15) is 4.79 Å². The van der Waals surface area contributed by atoms with Crippen LogP contribution in [0.1, 0.15) is 51.9 Å². The number of hydrogen-bond donors (Lipinski definition) is 2. The zero-order valence-electron chi connectivity index (χ0n) is 13.1. The lowest BCUT2D eigenvalue weighted by molar-refractivity contribution is -0.121. The lowest BCUT2D eigenvalue weighted by Gasteiger charge is -2.35. The van der Waals surface area contributed by atoms with Crippen molar-refractivity contribution >= 4 is 30.7 Å². The second kappa shape index (κ2) is 11.5. The molecule has 2 unspecified atom stereocenters. The zero-order chi connectivity index (χ0) is 13.5. The lowest BCUT2D eigenvalue weighted by Crippen LogP contribution is -2.44. The number of rotatable bonds is 6. The minimum absolute atomic E-state index is 0. The Morgan fingerprint density at radius 3 is 2.71 bits per heavy atom. The van der Waals surface area contributed by atoms with E-state index < -0.39 is 0 Å². The van der Waals surface area contributed by atoms with Gasteiger partial charge in [0.2, 0.25) is 5.91 Å². The average Bonchev–Trinajstić information content (AvgIpc) is 2.92. The van der Waals surface area contributed by atoms with Gasteiger partial charge in [-0.05, 0) is 45.2 Å². The van der Waals surface area contributed by atoms with Gasteiger partial charge in [-0.15, -0.1) is 24.8 Å². The van der Waals surface area contributed by atoms with Gasteiger partial charge < -0.3 is 10.6 Å². The first-order valence-corrected chi connectivity index (χ1v) is 8.03. The Balaban J connectivity index is 0.00000200. The molecule has 4 nitrogen and oxygen atoms in total. The van der Waals surface area contributed by atoms with Crippen LogP contribution in [0.3, 0.4) is 0 Å². The van der Waals surface area contributed by atoms with Crippen molar-refractivity contribution in [3.63, 3.8) is 0 Å². The summed E-state index contributed by atoms with van der Waals surface area (Å²) in [7, 11) is 0. The molecule has 2 rings (SSSR count). The van der Waals surface area contributed by atoms with Crippen LogP contribution in [0.2, 0.25) is 0 Å². The number of halogens is 2. The van der Waals surface area contributed by atoms with E-state index >= 15 is 0 Å². The highest BCUT2D eigenvalue weighted by atomic mass is 35.5. The van der Waals surface area contributed by atoms with Crippen molar-refractivity contribution in [2.45, 2.75) is 64.0 Å². The van der Waals surface area contributed by atoms with Gasteiger partial charge in [-0.25, -0.2) is 0 Å². The number of amides is 1. The molecule has 2 aliphatic heterocycles. The van der Waals surface area contributed by atoms with E-state index in [1.165, 1.54) is 38.6 Å². The standard InChI is InChI=1S/C15H29N3O.2ClH/c1-2-14-7-3-4-10-18(14)11-9-17-15(19)12-13-6-5-8-16-13;;/h13-14,16H,2-12H2,1H3,(H,17,19);2*1H. The maximum atomic E-state index is 11.8. The van der Waals surface area contributed by atoms with Crippen molar-refractivity contribution in [2.24, 2.45) is 0 Å². The number of carbonyl (C=O) groups excluding carboxylic acids is 1. The number of hydrogen-bond acceptors (Lipinski definition) is 3. The highest BCUT2D eigenvalue weighted by molar-refractivity contribution is 5.85. The summed E-state index contributed by atoms with van der Waals surface area (Å²) in [6.45, 7) is 6.38. The minimum atomic E-state index is 0. The van der Waals surface area contributed by atoms with Crippen LogP contribution in [0.4, 0.5) is 0 Å². The second-order valence-corrected chi connectivity index (χ2v) is 5.94. The molecule has 0 spiro atoms. The van der Waals surface area contributed by atoms with Gasteiger partial charge in [0.1, 0.15) is 0 Å². The molecular formula is C15H31Cl2N3O. The topological polar surface area (TPSA) is 44.4 Å². The van der Waals surface area contributed by atoms with Crippen LogP contribution in [-0.4, -0.2) is 49.1 Å². The van der Waals surface area contributed by atoms with Crippen molar-refractivity contribution in [3.05, 3.63) is 0 Å². The van der Waals surface area contributed by atoms with Crippen molar-refractivity contribution in [1.82, 2.24) is 15.5 Å². The maximum Gasteiger partial charge on any atom is 0.221 e. The SMILES string of the molecule is CCC1CCCCN1CCNC(=O)CC1CCCN1.Cl.Cl. The Hall–Kier alpha value is -0.0300. The maximum absolute atomic E-state index is 11.8. The van der Waals surface area contributed by atoms with Crippen LogP contribution in [0.15, 0.2) is 0 Å². The zero-order valence-corrected chi connectivity index (χ0v) is 14.7. The Labute approximate surface area is 141 Å². The molecule has 126 valence electrons. The van der Waals surface area contributed by atoms with Crippen LogP contribution < -0.4 is 10.6 Å².